The van der Waals surface area contributed by atoms with Crippen molar-refractivity contribution < 1.29 is 5.11 Å². The highest BCUT2D eigenvalue weighted by Gasteiger charge is 2.15. The van der Waals surface area contributed by atoms with Crippen LogP contribution >= 0.6 is 0 Å². The molecule has 0 fully saturated rings. The Morgan fingerprint density at radius 1 is 1.45 bits per heavy atom. The molecule has 0 aliphatic rings. The second-order valence-corrected chi connectivity index (χ2v) is 3.65. The molecule has 0 unspecified atom stereocenters. The summed E-state index contributed by atoms with van der Waals surface area (Å²) in [5.74, 6) is 0. The SMILES string of the molecule is C=C(CC=C(C)C)C(C)(C)O. The van der Waals surface area contributed by atoms with Crippen LogP contribution in [0.3, 0.4) is 0 Å². The van der Waals surface area contributed by atoms with Gasteiger partial charge in [0, 0.05) is 0 Å². The molecule has 1 nitrogen and oxygen atoms in total. The van der Waals surface area contributed by atoms with Crippen molar-refractivity contribution in [3.63, 3.8) is 0 Å². The maximum atomic E-state index is 9.47. The summed E-state index contributed by atoms with van der Waals surface area (Å²) in [6, 6.07) is 0. The Morgan fingerprint density at radius 2 is 1.91 bits per heavy atom. The summed E-state index contributed by atoms with van der Waals surface area (Å²) >= 11 is 0. The molecule has 1 N–H and O–H groups in total. The lowest BCUT2D eigenvalue weighted by Gasteiger charge is -2.19. The van der Waals surface area contributed by atoms with Gasteiger partial charge in [-0.3, -0.25) is 0 Å². The van der Waals surface area contributed by atoms with Crippen molar-refractivity contribution >= 4 is 0 Å². The molecule has 0 aromatic rings. The first-order valence-electron chi connectivity index (χ1n) is 3.88. The van der Waals surface area contributed by atoms with Gasteiger partial charge in [0.25, 0.3) is 0 Å². The molecule has 1 heteroatoms. The molecule has 0 aromatic carbocycles. The molecule has 0 heterocycles. The van der Waals surface area contributed by atoms with Crippen LogP contribution in [0.2, 0.25) is 0 Å². The number of hydrogen-bond donors (Lipinski definition) is 1. The summed E-state index contributed by atoms with van der Waals surface area (Å²) in [5.41, 5.74) is 1.38. The molecule has 0 aliphatic carbocycles. The van der Waals surface area contributed by atoms with Crippen LogP contribution in [-0.4, -0.2) is 10.7 Å². The predicted molar refractivity (Wildman–Crippen MR) is 49.5 cm³/mol. The van der Waals surface area contributed by atoms with E-state index in [0.29, 0.717) is 0 Å². The second kappa shape index (κ2) is 3.72. The first-order valence-corrected chi connectivity index (χ1v) is 3.88. The minimum atomic E-state index is -0.744. The topological polar surface area (TPSA) is 20.2 Å². The van der Waals surface area contributed by atoms with Gasteiger partial charge < -0.3 is 5.11 Å². The summed E-state index contributed by atoms with van der Waals surface area (Å²) in [7, 11) is 0. The van der Waals surface area contributed by atoms with Gasteiger partial charge >= 0.3 is 0 Å². The van der Waals surface area contributed by atoms with Crippen molar-refractivity contribution in [3.05, 3.63) is 23.8 Å². The van der Waals surface area contributed by atoms with E-state index in [9.17, 15) is 5.11 Å². The zero-order valence-corrected chi connectivity index (χ0v) is 7.94. The average Bonchev–Trinajstić information content (AvgIpc) is 1.80. The Balaban J connectivity index is 4.01. The standard InChI is InChI=1S/C10H18O/c1-8(2)6-7-9(3)10(4,5)11/h6,11H,3,7H2,1-2,4-5H3. The zero-order valence-electron chi connectivity index (χ0n) is 7.94. The van der Waals surface area contributed by atoms with E-state index in [1.54, 1.807) is 13.8 Å². The van der Waals surface area contributed by atoms with Crippen molar-refractivity contribution in [2.24, 2.45) is 0 Å². The third kappa shape index (κ3) is 4.79. The summed E-state index contributed by atoms with van der Waals surface area (Å²) in [6.07, 6.45) is 2.84. The van der Waals surface area contributed by atoms with E-state index < -0.39 is 5.60 Å². The molecule has 0 bridgehead atoms. The van der Waals surface area contributed by atoms with Crippen LogP contribution < -0.4 is 0 Å². The fourth-order valence-corrected chi connectivity index (χ4v) is 0.577. The highest BCUT2D eigenvalue weighted by atomic mass is 16.3. The smallest absolute Gasteiger partial charge is 0.0801 e. The molecule has 0 aliphatic heterocycles. The van der Waals surface area contributed by atoms with Gasteiger partial charge in [0.15, 0.2) is 0 Å². The highest BCUT2D eigenvalue weighted by molar-refractivity contribution is 5.14. The summed E-state index contributed by atoms with van der Waals surface area (Å²) in [6.45, 7) is 11.4. The molecule has 0 atom stereocenters. The van der Waals surface area contributed by atoms with Crippen molar-refractivity contribution in [2.75, 3.05) is 0 Å². The molecule has 0 amide bonds. The van der Waals surface area contributed by atoms with E-state index in [-0.39, 0.29) is 0 Å². The normalized spacial score (nSPS) is 11.0. The van der Waals surface area contributed by atoms with Gasteiger partial charge in [0.1, 0.15) is 0 Å². The van der Waals surface area contributed by atoms with Crippen molar-refractivity contribution in [2.45, 2.75) is 39.7 Å². The number of rotatable bonds is 3. The lowest BCUT2D eigenvalue weighted by atomic mass is 9.96. The number of allylic oxidation sites excluding steroid dienone is 2. The number of aliphatic hydroxyl groups is 1. The molecular weight excluding hydrogens is 136 g/mol. The average molecular weight is 154 g/mol. The number of hydrogen-bond acceptors (Lipinski definition) is 1. The van der Waals surface area contributed by atoms with Crippen LogP contribution in [0.1, 0.15) is 34.1 Å². The molecule has 0 rings (SSSR count). The van der Waals surface area contributed by atoms with E-state index >= 15 is 0 Å². The minimum Gasteiger partial charge on any atom is -0.386 e. The zero-order chi connectivity index (χ0) is 9.07. The van der Waals surface area contributed by atoms with Crippen molar-refractivity contribution in [1.29, 1.82) is 0 Å². The second-order valence-electron chi connectivity index (χ2n) is 3.65. The van der Waals surface area contributed by atoms with Crippen LogP contribution in [0.5, 0.6) is 0 Å². The fraction of sp³-hybridized carbons (Fsp3) is 0.600. The Labute approximate surface area is 69.4 Å². The van der Waals surface area contributed by atoms with Gasteiger partial charge in [-0.1, -0.05) is 18.2 Å². The van der Waals surface area contributed by atoms with Gasteiger partial charge in [0.2, 0.25) is 0 Å². The Kier molecular flexibility index (Phi) is 3.53. The molecular formula is C10H18O. The minimum absolute atomic E-state index is 0.744. The summed E-state index contributed by atoms with van der Waals surface area (Å²) in [4.78, 5) is 0. The first kappa shape index (κ1) is 10.4. The Morgan fingerprint density at radius 3 is 2.18 bits per heavy atom. The van der Waals surface area contributed by atoms with E-state index in [1.807, 2.05) is 13.8 Å². The molecule has 11 heavy (non-hydrogen) atoms. The van der Waals surface area contributed by atoms with Gasteiger partial charge in [-0.05, 0) is 39.7 Å². The summed E-state index contributed by atoms with van der Waals surface area (Å²) in [5, 5.41) is 9.47. The Hall–Kier alpha value is -0.560. The van der Waals surface area contributed by atoms with Crippen LogP contribution in [-0.2, 0) is 0 Å². The van der Waals surface area contributed by atoms with Crippen LogP contribution in [0, 0.1) is 0 Å². The molecule has 0 aromatic heterocycles. The van der Waals surface area contributed by atoms with Crippen LogP contribution in [0.4, 0.5) is 0 Å². The van der Waals surface area contributed by atoms with Gasteiger partial charge in [-0.25, -0.2) is 0 Å². The largest absolute Gasteiger partial charge is 0.386 e. The monoisotopic (exact) mass is 154 g/mol. The lowest BCUT2D eigenvalue weighted by molar-refractivity contribution is 0.118. The molecule has 0 spiro atoms. The molecule has 0 saturated carbocycles. The van der Waals surface area contributed by atoms with E-state index in [2.05, 4.69) is 12.7 Å². The van der Waals surface area contributed by atoms with Crippen molar-refractivity contribution in [3.8, 4) is 0 Å². The third-order valence-corrected chi connectivity index (χ3v) is 1.62. The maximum Gasteiger partial charge on any atom is 0.0801 e. The first-order chi connectivity index (χ1) is 4.84. The maximum absolute atomic E-state index is 9.47. The van der Waals surface area contributed by atoms with Crippen LogP contribution in [0.25, 0.3) is 0 Å². The van der Waals surface area contributed by atoms with Crippen LogP contribution in [0.15, 0.2) is 23.8 Å². The van der Waals surface area contributed by atoms with E-state index in [1.165, 1.54) is 5.57 Å². The molecule has 0 saturated heterocycles. The van der Waals surface area contributed by atoms with Gasteiger partial charge in [-0.15, -0.1) is 0 Å². The molecule has 64 valence electrons. The predicted octanol–water partition coefficient (Wildman–Crippen LogP) is 2.67. The third-order valence-electron chi connectivity index (χ3n) is 1.62. The van der Waals surface area contributed by atoms with Gasteiger partial charge in [-0.2, -0.15) is 0 Å². The lowest BCUT2D eigenvalue weighted by Crippen LogP contribution is -2.20. The van der Waals surface area contributed by atoms with E-state index in [4.69, 9.17) is 0 Å². The highest BCUT2D eigenvalue weighted by Crippen LogP contribution is 2.17. The summed E-state index contributed by atoms with van der Waals surface area (Å²) < 4.78 is 0. The fourth-order valence-electron chi connectivity index (χ4n) is 0.577. The Bertz CT molecular complexity index is 166. The van der Waals surface area contributed by atoms with Gasteiger partial charge in [0.05, 0.1) is 5.60 Å². The van der Waals surface area contributed by atoms with E-state index in [0.717, 1.165) is 12.0 Å². The van der Waals surface area contributed by atoms with Crippen molar-refractivity contribution in [1.82, 2.24) is 0 Å². The quantitative estimate of drug-likeness (QED) is 0.620. The molecule has 0 radical (unpaired) electrons.